The fraction of sp³-hybridized carbons (Fsp3) is 0.235. The van der Waals surface area contributed by atoms with Crippen molar-refractivity contribution in [2.75, 3.05) is 11.4 Å². The zero-order chi connectivity index (χ0) is 15.1. The van der Waals surface area contributed by atoms with Crippen LogP contribution >= 0.6 is 0 Å². The largest absolute Gasteiger partial charge is 0.312 e. The number of rotatable bonds is 2. The molecular formula is C17H17F2NO. The van der Waals surface area contributed by atoms with Gasteiger partial charge in [-0.05, 0) is 18.6 Å². The van der Waals surface area contributed by atoms with Crippen molar-refractivity contribution in [3.8, 4) is 0 Å². The van der Waals surface area contributed by atoms with E-state index in [1.54, 1.807) is 17.0 Å². The van der Waals surface area contributed by atoms with Crippen LogP contribution in [0.5, 0.6) is 0 Å². The number of amides is 1. The molecule has 0 unspecified atom stereocenters. The normalized spacial score (nSPS) is 14.0. The van der Waals surface area contributed by atoms with E-state index < -0.39 is 6.43 Å². The molecule has 0 spiro atoms. The summed E-state index contributed by atoms with van der Waals surface area (Å²) in [7, 11) is 0. The number of anilines is 1. The van der Waals surface area contributed by atoms with Crippen molar-refractivity contribution < 1.29 is 13.6 Å². The standard InChI is InChI=1S/C11H11F2NO.C6H6/c12-11(13)8-3-5-9(6-4-8)14-7-1-2-10(14)15;1-2-4-6-5-3-1/h3-6,11H,1-2,7H2;1-6H. The summed E-state index contributed by atoms with van der Waals surface area (Å²) < 4.78 is 24.5. The summed E-state index contributed by atoms with van der Waals surface area (Å²) in [6, 6.07) is 17.9. The first-order chi connectivity index (χ1) is 10.2. The number of alkyl halides is 2. The number of carbonyl (C=O) groups excluding carboxylic acids is 1. The molecule has 0 radical (unpaired) electrons. The molecule has 110 valence electrons. The second kappa shape index (κ2) is 7.53. The molecule has 1 amide bonds. The third-order valence-electron chi connectivity index (χ3n) is 3.20. The van der Waals surface area contributed by atoms with Gasteiger partial charge in [0.2, 0.25) is 5.91 Å². The number of benzene rings is 2. The van der Waals surface area contributed by atoms with Gasteiger partial charge < -0.3 is 4.90 Å². The van der Waals surface area contributed by atoms with Crippen LogP contribution in [0.4, 0.5) is 14.5 Å². The summed E-state index contributed by atoms with van der Waals surface area (Å²) in [5.41, 5.74) is 0.701. The van der Waals surface area contributed by atoms with E-state index in [0.29, 0.717) is 18.7 Å². The summed E-state index contributed by atoms with van der Waals surface area (Å²) in [6.45, 7) is 0.687. The Kier molecular flexibility index (Phi) is 5.43. The molecule has 2 nitrogen and oxygen atoms in total. The lowest BCUT2D eigenvalue weighted by Gasteiger charge is -2.15. The lowest BCUT2D eigenvalue weighted by Crippen LogP contribution is -2.23. The highest BCUT2D eigenvalue weighted by Gasteiger charge is 2.21. The Morgan fingerprint density at radius 3 is 1.81 bits per heavy atom. The van der Waals surface area contributed by atoms with Gasteiger partial charge in [0.15, 0.2) is 0 Å². The van der Waals surface area contributed by atoms with Crippen molar-refractivity contribution in [3.05, 3.63) is 66.2 Å². The van der Waals surface area contributed by atoms with Crippen LogP contribution in [0.25, 0.3) is 0 Å². The molecule has 1 fully saturated rings. The van der Waals surface area contributed by atoms with Crippen molar-refractivity contribution >= 4 is 11.6 Å². The molecule has 3 rings (SSSR count). The Morgan fingerprint density at radius 2 is 1.43 bits per heavy atom. The minimum atomic E-state index is -2.45. The maximum Gasteiger partial charge on any atom is 0.263 e. The van der Waals surface area contributed by atoms with Crippen LogP contribution in [0.2, 0.25) is 0 Å². The highest BCUT2D eigenvalue weighted by atomic mass is 19.3. The third kappa shape index (κ3) is 4.38. The Bertz CT molecular complexity index is 528. The van der Waals surface area contributed by atoms with Crippen molar-refractivity contribution in [1.29, 1.82) is 0 Å². The van der Waals surface area contributed by atoms with E-state index in [-0.39, 0.29) is 11.5 Å². The molecular weight excluding hydrogens is 272 g/mol. The van der Waals surface area contributed by atoms with Crippen molar-refractivity contribution in [3.63, 3.8) is 0 Å². The SMILES string of the molecule is O=C1CCCN1c1ccc(C(F)F)cc1.c1ccccc1. The first kappa shape index (κ1) is 15.2. The molecule has 21 heavy (non-hydrogen) atoms. The van der Waals surface area contributed by atoms with E-state index in [0.717, 1.165) is 6.42 Å². The number of nitrogens with zero attached hydrogens (tertiary/aromatic N) is 1. The lowest BCUT2D eigenvalue weighted by molar-refractivity contribution is -0.117. The summed E-state index contributed by atoms with van der Waals surface area (Å²) in [6.07, 6.45) is -1.06. The minimum Gasteiger partial charge on any atom is -0.312 e. The monoisotopic (exact) mass is 289 g/mol. The molecule has 1 aliphatic heterocycles. The van der Waals surface area contributed by atoms with Gasteiger partial charge in [0.05, 0.1) is 0 Å². The molecule has 2 aromatic rings. The molecule has 0 N–H and O–H groups in total. The van der Waals surface area contributed by atoms with E-state index in [2.05, 4.69) is 0 Å². The fourth-order valence-corrected chi connectivity index (χ4v) is 2.11. The summed E-state index contributed by atoms with van der Waals surface area (Å²) >= 11 is 0. The average Bonchev–Trinajstić information content (AvgIpc) is 2.96. The average molecular weight is 289 g/mol. The van der Waals surface area contributed by atoms with Gasteiger partial charge in [0, 0.05) is 24.2 Å². The molecule has 0 bridgehead atoms. The third-order valence-corrected chi connectivity index (χ3v) is 3.20. The molecule has 2 aromatic carbocycles. The van der Waals surface area contributed by atoms with Crippen LogP contribution in [-0.4, -0.2) is 12.5 Å². The van der Waals surface area contributed by atoms with Crippen molar-refractivity contribution in [2.45, 2.75) is 19.3 Å². The van der Waals surface area contributed by atoms with Gasteiger partial charge in [-0.3, -0.25) is 4.79 Å². The van der Waals surface area contributed by atoms with Crippen LogP contribution in [0, 0.1) is 0 Å². The van der Waals surface area contributed by atoms with Gasteiger partial charge in [-0.25, -0.2) is 8.78 Å². The van der Waals surface area contributed by atoms with Gasteiger partial charge in [0.1, 0.15) is 0 Å². The van der Waals surface area contributed by atoms with E-state index in [1.807, 2.05) is 36.4 Å². The molecule has 0 saturated carbocycles. The Morgan fingerprint density at radius 1 is 0.905 bits per heavy atom. The Labute approximate surface area is 123 Å². The predicted molar refractivity (Wildman–Crippen MR) is 79.4 cm³/mol. The van der Waals surface area contributed by atoms with E-state index >= 15 is 0 Å². The van der Waals surface area contributed by atoms with Crippen molar-refractivity contribution in [2.24, 2.45) is 0 Å². The number of halogens is 2. The predicted octanol–water partition coefficient (Wildman–Crippen LogP) is 4.44. The van der Waals surface area contributed by atoms with Gasteiger partial charge in [-0.15, -0.1) is 0 Å². The van der Waals surface area contributed by atoms with Crippen molar-refractivity contribution in [1.82, 2.24) is 0 Å². The first-order valence-corrected chi connectivity index (χ1v) is 6.87. The zero-order valence-electron chi connectivity index (χ0n) is 11.6. The van der Waals surface area contributed by atoms with E-state index in [4.69, 9.17) is 0 Å². The minimum absolute atomic E-state index is 0.00889. The zero-order valence-corrected chi connectivity index (χ0v) is 11.6. The highest BCUT2D eigenvalue weighted by Crippen LogP contribution is 2.25. The van der Waals surface area contributed by atoms with Gasteiger partial charge in [0.25, 0.3) is 6.43 Å². The van der Waals surface area contributed by atoms with E-state index in [9.17, 15) is 13.6 Å². The fourth-order valence-electron chi connectivity index (χ4n) is 2.11. The summed E-state index contributed by atoms with van der Waals surface area (Å²) in [5.74, 6) is 0.0693. The maximum absolute atomic E-state index is 12.3. The first-order valence-electron chi connectivity index (χ1n) is 6.87. The molecule has 1 aliphatic rings. The summed E-state index contributed by atoms with van der Waals surface area (Å²) in [4.78, 5) is 13.0. The second-order valence-corrected chi connectivity index (χ2v) is 4.70. The van der Waals surface area contributed by atoms with Crippen LogP contribution in [0.1, 0.15) is 24.8 Å². The highest BCUT2D eigenvalue weighted by molar-refractivity contribution is 5.95. The topological polar surface area (TPSA) is 20.3 Å². The van der Waals surface area contributed by atoms with Crippen LogP contribution in [0.3, 0.4) is 0 Å². The van der Waals surface area contributed by atoms with Crippen LogP contribution in [-0.2, 0) is 4.79 Å². The van der Waals surface area contributed by atoms with Gasteiger partial charge >= 0.3 is 0 Å². The summed E-state index contributed by atoms with van der Waals surface area (Å²) in [5, 5.41) is 0. The molecule has 0 atom stereocenters. The Hall–Kier alpha value is -2.23. The lowest BCUT2D eigenvalue weighted by atomic mass is 10.2. The maximum atomic E-state index is 12.3. The van der Waals surface area contributed by atoms with Crippen LogP contribution in [0.15, 0.2) is 60.7 Å². The quantitative estimate of drug-likeness (QED) is 0.800. The molecule has 4 heteroatoms. The number of carbonyl (C=O) groups is 1. The van der Waals surface area contributed by atoms with Gasteiger partial charge in [-0.1, -0.05) is 48.5 Å². The van der Waals surface area contributed by atoms with E-state index in [1.165, 1.54) is 12.1 Å². The molecule has 1 heterocycles. The van der Waals surface area contributed by atoms with Gasteiger partial charge in [-0.2, -0.15) is 0 Å². The number of hydrogen-bond donors (Lipinski definition) is 0. The smallest absolute Gasteiger partial charge is 0.263 e. The Balaban J connectivity index is 0.000000225. The number of hydrogen-bond acceptors (Lipinski definition) is 1. The molecule has 0 aliphatic carbocycles. The second-order valence-electron chi connectivity index (χ2n) is 4.70. The van der Waals surface area contributed by atoms with Crippen LogP contribution < -0.4 is 4.90 Å². The molecule has 0 aromatic heterocycles. The molecule has 1 saturated heterocycles.